The molecular formula is C24H34ClN3O3S. The lowest BCUT2D eigenvalue weighted by atomic mass is 10.1. The molecule has 2 rings (SSSR count). The van der Waals surface area contributed by atoms with E-state index in [0.29, 0.717) is 23.6 Å². The van der Waals surface area contributed by atoms with Crippen LogP contribution in [0.3, 0.4) is 0 Å². The second-order valence-electron chi connectivity index (χ2n) is 8.65. The quantitative estimate of drug-likeness (QED) is 0.496. The SMILES string of the molecule is CC[C@H](C)N(Cc1cc(NC(=O)CC(C)C)ccc1N(C)C)S(=O)(=O)c1cccc(Cl)c1. The van der Waals surface area contributed by atoms with Crippen LogP contribution < -0.4 is 10.2 Å². The molecule has 0 unspecified atom stereocenters. The van der Waals surface area contributed by atoms with Gasteiger partial charge in [-0.2, -0.15) is 4.31 Å². The largest absolute Gasteiger partial charge is 0.377 e. The van der Waals surface area contributed by atoms with E-state index >= 15 is 0 Å². The maximum Gasteiger partial charge on any atom is 0.243 e. The van der Waals surface area contributed by atoms with Gasteiger partial charge in [0.05, 0.1) is 4.90 Å². The van der Waals surface area contributed by atoms with Gasteiger partial charge < -0.3 is 10.2 Å². The van der Waals surface area contributed by atoms with Gasteiger partial charge in [-0.1, -0.05) is 38.4 Å². The third kappa shape index (κ3) is 6.70. The van der Waals surface area contributed by atoms with Crippen molar-refractivity contribution in [1.29, 1.82) is 0 Å². The highest BCUT2D eigenvalue weighted by Crippen LogP contribution is 2.29. The molecule has 0 saturated heterocycles. The molecule has 1 amide bonds. The highest BCUT2D eigenvalue weighted by molar-refractivity contribution is 7.89. The molecule has 0 radical (unpaired) electrons. The van der Waals surface area contributed by atoms with E-state index in [1.54, 1.807) is 18.2 Å². The normalized spacial score (nSPS) is 12.8. The zero-order chi connectivity index (χ0) is 24.1. The smallest absolute Gasteiger partial charge is 0.243 e. The van der Waals surface area contributed by atoms with Crippen LogP contribution in [0.15, 0.2) is 47.4 Å². The number of amides is 1. The van der Waals surface area contributed by atoms with E-state index in [-0.39, 0.29) is 29.3 Å². The second-order valence-corrected chi connectivity index (χ2v) is 11.0. The van der Waals surface area contributed by atoms with Gasteiger partial charge in [-0.25, -0.2) is 8.42 Å². The minimum atomic E-state index is -3.78. The van der Waals surface area contributed by atoms with E-state index in [9.17, 15) is 13.2 Å². The topological polar surface area (TPSA) is 69.7 Å². The molecule has 0 saturated carbocycles. The summed E-state index contributed by atoms with van der Waals surface area (Å²) in [5.74, 6) is 0.188. The molecule has 0 heterocycles. The van der Waals surface area contributed by atoms with Crippen LogP contribution in [-0.4, -0.2) is 38.8 Å². The molecule has 0 fully saturated rings. The predicted octanol–water partition coefficient (Wildman–Crippen LogP) is 5.38. The molecule has 1 atom stereocenters. The zero-order valence-corrected chi connectivity index (χ0v) is 21.3. The third-order valence-corrected chi connectivity index (χ3v) is 7.44. The van der Waals surface area contributed by atoms with Gasteiger partial charge in [-0.15, -0.1) is 0 Å². The molecule has 0 aliphatic carbocycles. The van der Waals surface area contributed by atoms with Crippen molar-refractivity contribution in [3.8, 4) is 0 Å². The Balaban J connectivity index is 2.47. The first-order valence-electron chi connectivity index (χ1n) is 10.8. The summed E-state index contributed by atoms with van der Waals surface area (Å²) in [7, 11) is 0.0389. The summed E-state index contributed by atoms with van der Waals surface area (Å²) >= 11 is 6.07. The van der Waals surface area contributed by atoms with Gasteiger partial charge in [0.2, 0.25) is 15.9 Å². The lowest BCUT2D eigenvalue weighted by molar-refractivity contribution is -0.116. The van der Waals surface area contributed by atoms with Crippen LogP contribution in [0.5, 0.6) is 0 Å². The number of anilines is 2. The van der Waals surface area contributed by atoms with Gasteiger partial charge >= 0.3 is 0 Å². The fourth-order valence-corrected chi connectivity index (χ4v) is 5.41. The Labute approximate surface area is 197 Å². The van der Waals surface area contributed by atoms with E-state index in [4.69, 9.17) is 11.6 Å². The Morgan fingerprint density at radius 3 is 2.34 bits per heavy atom. The number of nitrogens with zero attached hydrogens (tertiary/aromatic N) is 2. The predicted molar refractivity (Wildman–Crippen MR) is 133 cm³/mol. The molecule has 2 aromatic carbocycles. The molecule has 2 aromatic rings. The number of rotatable bonds is 10. The average molecular weight is 480 g/mol. The van der Waals surface area contributed by atoms with E-state index in [0.717, 1.165) is 11.3 Å². The highest BCUT2D eigenvalue weighted by atomic mass is 35.5. The first-order chi connectivity index (χ1) is 14.9. The number of hydrogen-bond acceptors (Lipinski definition) is 4. The van der Waals surface area contributed by atoms with E-state index in [1.807, 2.05) is 64.9 Å². The van der Waals surface area contributed by atoms with E-state index in [2.05, 4.69) is 5.32 Å². The van der Waals surface area contributed by atoms with Gasteiger partial charge in [0.1, 0.15) is 0 Å². The molecule has 0 aliphatic rings. The van der Waals surface area contributed by atoms with Crippen LogP contribution in [0.4, 0.5) is 11.4 Å². The molecule has 0 spiro atoms. The number of hydrogen-bond donors (Lipinski definition) is 1. The van der Waals surface area contributed by atoms with Crippen molar-refractivity contribution in [1.82, 2.24) is 4.31 Å². The van der Waals surface area contributed by atoms with Gasteiger partial charge in [-0.3, -0.25) is 4.79 Å². The van der Waals surface area contributed by atoms with E-state index < -0.39 is 10.0 Å². The third-order valence-electron chi connectivity index (χ3n) is 5.25. The van der Waals surface area contributed by atoms with Crippen molar-refractivity contribution in [2.24, 2.45) is 5.92 Å². The van der Waals surface area contributed by atoms with Gasteiger partial charge in [0.25, 0.3) is 0 Å². The van der Waals surface area contributed by atoms with Crippen molar-refractivity contribution >= 4 is 38.9 Å². The van der Waals surface area contributed by atoms with Crippen LogP contribution in [0.2, 0.25) is 5.02 Å². The number of carbonyl (C=O) groups is 1. The zero-order valence-electron chi connectivity index (χ0n) is 19.7. The van der Waals surface area contributed by atoms with Crippen molar-refractivity contribution in [3.63, 3.8) is 0 Å². The van der Waals surface area contributed by atoms with Gasteiger partial charge in [0, 0.05) is 49.5 Å². The standard InChI is InChI=1S/C24H34ClN3O3S/c1-7-18(4)28(32(30,31)22-10-8-9-20(25)15-22)16-19-14-21(11-12-23(19)27(5)6)26-24(29)13-17(2)3/h8-12,14-15,17-18H,7,13,16H2,1-6H3,(H,26,29)/t18-/m0/s1. The molecule has 6 nitrogen and oxygen atoms in total. The van der Waals surface area contributed by atoms with Gasteiger partial charge in [0.15, 0.2) is 0 Å². The molecule has 176 valence electrons. The maximum atomic E-state index is 13.5. The Bertz CT molecular complexity index is 1040. The summed E-state index contributed by atoms with van der Waals surface area (Å²) in [5, 5.41) is 3.31. The van der Waals surface area contributed by atoms with Crippen LogP contribution >= 0.6 is 11.6 Å². The molecule has 1 N–H and O–H groups in total. The first-order valence-corrected chi connectivity index (χ1v) is 12.6. The second kappa shape index (κ2) is 11.2. The molecule has 0 aromatic heterocycles. The molecule has 8 heteroatoms. The Morgan fingerprint density at radius 2 is 1.78 bits per heavy atom. The number of halogens is 1. The highest BCUT2D eigenvalue weighted by Gasteiger charge is 2.29. The minimum Gasteiger partial charge on any atom is -0.377 e. The van der Waals surface area contributed by atoms with E-state index in [1.165, 1.54) is 10.4 Å². The van der Waals surface area contributed by atoms with Crippen LogP contribution in [0.25, 0.3) is 0 Å². The Kier molecular flexibility index (Phi) is 9.13. The summed E-state index contributed by atoms with van der Waals surface area (Å²) < 4.78 is 28.6. The van der Waals surface area contributed by atoms with Crippen molar-refractivity contribution in [3.05, 3.63) is 53.1 Å². The fourth-order valence-electron chi connectivity index (χ4n) is 3.42. The lowest BCUT2D eigenvalue weighted by Crippen LogP contribution is -2.38. The van der Waals surface area contributed by atoms with Crippen molar-refractivity contribution < 1.29 is 13.2 Å². The summed E-state index contributed by atoms with van der Waals surface area (Å²) in [6, 6.07) is 11.7. The summed E-state index contributed by atoms with van der Waals surface area (Å²) in [4.78, 5) is 14.4. The van der Waals surface area contributed by atoms with Crippen molar-refractivity contribution in [2.45, 2.75) is 58.0 Å². The first kappa shape index (κ1) is 26.2. The monoisotopic (exact) mass is 479 g/mol. The summed E-state index contributed by atoms with van der Waals surface area (Å²) in [6.07, 6.45) is 1.08. The molecule has 0 bridgehead atoms. The number of carbonyl (C=O) groups excluding carboxylic acids is 1. The molecule has 0 aliphatic heterocycles. The summed E-state index contributed by atoms with van der Waals surface area (Å²) in [6.45, 7) is 8.01. The van der Waals surface area contributed by atoms with Crippen molar-refractivity contribution in [2.75, 3.05) is 24.3 Å². The van der Waals surface area contributed by atoms with Gasteiger partial charge in [-0.05, 0) is 61.2 Å². The molecule has 32 heavy (non-hydrogen) atoms. The average Bonchev–Trinajstić information content (AvgIpc) is 2.70. The number of nitrogens with one attached hydrogen (secondary N) is 1. The Morgan fingerprint density at radius 1 is 1.09 bits per heavy atom. The minimum absolute atomic E-state index is 0.0612. The maximum absolute atomic E-state index is 13.5. The fraction of sp³-hybridized carbons (Fsp3) is 0.458. The number of sulfonamides is 1. The Hall–Kier alpha value is -2.09. The van der Waals surface area contributed by atoms with Crippen LogP contribution in [0, 0.1) is 5.92 Å². The van der Waals surface area contributed by atoms with Crippen LogP contribution in [-0.2, 0) is 21.4 Å². The molecular weight excluding hydrogens is 446 g/mol. The lowest BCUT2D eigenvalue weighted by Gasteiger charge is -2.30. The summed E-state index contributed by atoms with van der Waals surface area (Å²) in [5.41, 5.74) is 2.35. The number of benzene rings is 2. The van der Waals surface area contributed by atoms with Crippen LogP contribution in [0.1, 0.15) is 46.1 Å².